The van der Waals surface area contributed by atoms with Crippen molar-refractivity contribution in [2.75, 3.05) is 42.3 Å². The summed E-state index contributed by atoms with van der Waals surface area (Å²) < 4.78 is 20.7. The second-order valence-corrected chi connectivity index (χ2v) is 8.37. The van der Waals surface area contributed by atoms with E-state index in [0.717, 1.165) is 30.3 Å². The molecule has 0 bridgehead atoms. The normalized spacial score (nSPS) is 14.0. The molecule has 4 rings (SSSR count). The number of anilines is 2. The SMILES string of the molecule is Cc1cccc(-n2c(SCC(=O)Nc3ccc(F)c(Cl)c3)nnc2N2CCOCC2)c1. The number of nitrogens with zero attached hydrogens (tertiary/aromatic N) is 4. The van der Waals surface area contributed by atoms with Crippen molar-refractivity contribution in [1.82, 2.24) is 14.8 Å². The molecule has 1 fully saturated rings. The van der Waals surface area contributed by atoms with E-state index < -0.39 is 5.82 Å². The Morgan fingerprint density at radius 1 is 1.23 bits per heavy atom. The largest absolute Gasteiger partial charge is 0.378 e. The molecule has 162 valence electrons. The minimum atomic E-state index is -0.532. The van der Waals surface area contributed by atoms with Crippen LogP contribution in [-0.4, -0.2) is 52.7 Å². The molecule has 10 heteroatoms. The molecule has 3 aromatic rings. The second-order valence-electron chi connectivity index (χ2n) is 7.02. The Kier molecular flexibility index (Phi) is 6.74. The number of benzene rings is 2. The first-order valence-corrected chi connectivity index (χ1v) is 11.1. The first-order valence-electron chi connectivity index (χ1n) is 9.74. The molecule has 7 nitrogen and oxygen atoms in total. The average molecular weight is 462 g/mol. The number of rotatable bonds is 6. The molecule has 2 aromatic carbocycles. The molecule has 1 aliphatic heterocycles. The van der Waals surface area contributed by atoms with E-state index in [1.54, 1.807) is 0 Å². The van der Waals surface area contributed by atoms with E-state index in [1.807, 2.05) is 29.7 Å². The van der Waals surface area contributed by atoms with E-state index >= 15 is 0 Å². The minimum absolute atomic E-state index is 0.0419. The van der Waals surface area contributed by atoms with Crippen molar-refractivity contribution in [2.45, 2.75) is 12.1 Å². The van der Waals surface area contributed by atoms with Crippen LogP contribution < -0.4 is 10.2 Å². The van der Waals surface area contributed by atoms with Gasteiger partial charge in [-0.25, -0.2) is 4.39 Å². The number of halogens is 2. The molecule has 1 N–H and O–H groups in total. The van der Waals surface area contributed by atoms with Gasteiger partial charge in [-0.2, -0.15) is 0 Å². The maximum absolute atomic E-state index is 13.3. The Morgan fingerprint density at radius 3 is 2.77 bits per heavy atom. The van der Waals surface area contributed by atoms with Crippen molar-refractivity contribution in [3.63, 3.8) is 0 Å². The molecule has 0 spiro atoms. The van der Waals surface area contributed by atoms with Gasteiger partial charge in [-0.05, 0) is 42.8 Å². The van der Waals surface area contributed by atoms with E-state index in [4.69, 9.17) is 16.3 Å². The van der Waals surface area contributed by atoms with Crippen molar-refractivity contribution in [1.29, 1.82) is 0 Å². The number of aryl methyl sites for hydroxylation is 1. The van der Waals surface area contributed by atoms with Crippen LogP contribution in [0.2, 0.25) is 5.02 Å². The van der Waals surface area contributed by atoms with E-state index in [-0.39, 0.29) is 16.7 Å². The van der Waals surface area contributed by atoms with Gasteiger partial charge >= 0.3 is 0 Å². The molecule has 31 heavy (non-hydrogen) atoms. The standard InChI is InChI=1S/C21H21ClFN5O2S/c1-14-3-2-4-16(11-14)28-20(27-7-9-30-10-8-27)25-26-21(28)31-13-19(29)24-15-5-6-18(23)17(22)12-15/h2-6,11-12H,7-10,13H2,1H3,(H,24,29). The van der Waals surface area contributed by atoms with E-state index in [2.05, 4.69) is 26.5 Å². The Hall–Kier alpha value is -2.62. The molecular weight excluding hydrogens is 441 g/mol. The number of carbonyl (C=O) groups excluding carboxylic acids is 1. The molecule has 1 aromatic heterocycles. The topological polar surface area (TPSA) is 72.3 Å². The summed E-state index contributed by atoms with van der Waals surface area (Å²) in [4.78, 5) is 14.6. The summed E-state index contributed by atoms with van der Waals surface area (Å²) in [6.07, 6.45) is 0. The molecule has 1 saturated heterocycles. The summed E-state index contributed by atoms with van der Waals surface area (Å²) in [5.74, 6) is 0.0552. The van der Waals surface area contributed by atoms with Crippen molar-refractivity contribution in [2.24, 2.45) is 0 Å². The van der Waals surface area contributed by atoms with Crippen LogP contribution in [0.4, 0.5) is 16.0 Å². The van der Waals surface area contributed by atoms with Crippen LogP contribution in [0.15, 0.2) is 47.6 Å². The quantitative estimate of drug-likeness (QED) is 0.561. The molecule has 0 radical (unpaired) electrons. The highest BCUT2D eigenvalue weighted by Crippen LogP contribution is 2.28. The lowest BCUT2D eigenvalue weighted by atomic mass is 10.2. The van der Waals surface area contributed by atoms with Crippen LogP contribution in [0.1, 0.15) is 5.56 Å². The number of nitrogens with one attached hydrogen (secondary N) is 1. The van der Waals surface area contributed by atoms with E-state index in [1.165, 1.54) is 30.0 Å². The van der Waals surface area contributed by atoms with Gasteiger partial charge in [0, 0.05) is 18.8 Å². The van der Waals surface area contributed by atoms with Crippen LogP contribution in [0, 0.1) is 12.7 Å². The van der Waals surface area contributed by atoms with Crippen molar-refractivity contribution < 1.29 is 13.9 Å². The lowest BCUT2D eigenvalue weighted by molar-refractivity contribution is -0.113. The number of morpholine rings is 1. The summed E-state index contributed by atoms with van der Waals surface area (Å²) in [6.45, 7) is 4.73. The molecule has 0 aliphatic carbocycles. The van der Waals surface area contributed by atoms with Gasteiger partial charge in [-0.15, -0.1) is 10.2 Å². The van der Waals surface area contributed by atoms with E-state index in [0.29, 0.717) is 24.1 Å². The van der Waals surface area contributed by atoms with Gasteiger partial charge < -0.3 is 15.0 Å². The van der Waals surface area contributed by atoms with Crippen molar-refractivity contribution in [3.05, 3.63) is 58.9 Å². The lowest BCUT2D eigenvalue weighted by Gasteiger charge is -2.28. The first-order chi connectivity index (χ1) is 15.0. The lowest BCUT2D eigenvalue weighted by Crippen LogP contribution is -2.37. The van der Waals surface area contributed by atoms with Gasteiger partial charge in [0.05, 0.1) is 29.7 Å². The summed E-state index contributed by atoms with van der Waals surface area (Å²) in [6, 6.07) is 12.1. The zero-order chi connectivity index (χ0) is 21.8. The number of hydrogen-bond donors (Lipinski definition) is 1. The van der Waals surface area contributed by atoms with Crippen LogP contribution >= 0.6 is 23.4 Å². The summed E-state index contributed by atoms with van der Waals surface area (Å²) >= 11 is 7.06. The van der Waals surface area contributed by atoms with Gasteiger partial charge in [0.2, 0.25) is 11.9 Å². The highest BCUT2D eigenvalue weighted by atomic mass is 35.5. The fraction of sp³-hybridized carbons (Fsp3) is 0.286. The molecule has 0 unspecified atom stereocenters. The van der Waals surface area contributed by atoms with E-state index in [9.17, 15) is 9.18 Å². The molecule has 0 saturated carbocycles. The number of ether oxygens (including phenoxy) is 1. The number of amides is 1. The van der Waals surface area contributed by atoms with Crippen LogP contribution in [0.25, 0.3) is 5.69 Å². The fourth-order valence-corrected chi connectivity index (χ4v) is 4.15. The van der Waals surface area contributed by atoms with Gasteiger partial charge in [0.1, 0.15) is 5.82 Å². The Bertz CT molecular complexity index is 1090. The maximum Gasteiger partial charge on any atom is 0.234 e. The third-order valence-electron chi connectivity index (χ3n) is 4.71. The zero-order valence-electron chi connectivity index (χ0n) is 16.8. The molecular formula is C21H21ClFN5O2S. The van der Waals surface area contributed by atoms with Crippen LogP contribution in [-0.2, 0) is 9.53 Å². The van der Waals surface area contributed by atoms with Crippen LogP contribution in [0.5, 0.6) is 0 Å². The first kappa shape index (κ1) is 21.6. The molecule has 1 aliphatic rings. The van der Waals surface area contributed by atoms with Crippen LogP contribution in [0.3, 0.4) is 0 Å². The number of aromatic nitrogens is 3. The summed E-state index contributed by atoms with van der Waals surface area (Å²) in [5, 5.41) is 12.0. The highest BCUT2D eigenvalue weighted by molar-refractivity contribution is 7.99. The Balaban J connectivity index is 1.54. The number of thioether (sulfide) groups is 1. The van der Waals surface area contributed by atoms with Gasteiger partial charge in [0.15, 0.2) is 5.16 Å². The third kappa shape index (κ3) is 5.17. The fourth-order valence-electron chi connectivity index (χ4n) is 3.22. The van der Waals surface area contributed by atoms with Crippen molar-refractivity contribution >= 4 is 40.9 Å². The van der Waals surface area contributed by atoms with Gasteiger partial charge in [0.25, 0.3) is 0 Å². The molecule has 2 heterocycles. The van der Waals surface area contributed by atoms with Gasteiger partial charge in [-0.3, -0.25) is 9.36 Å². The molecule has 0 atom stereocenters. The summed E-state index contributed by atoms with van der Waals surface area (Å²) in [7, 11) is 0. The monoisotopic (exact) mass is 461 g/mol. The number of carbonyl (C=O) groups is 1. The zero-order valence-corrected chi connectivity index (χ0v) is 18.4. The maximum atomic E-state index is 13.3. The smallest absolute Gasteiger partial charge is 0.234 e. The second kappa shape index (κ2) is 9.67. The Morgan fingerprint density at radius 2 is 2.03 bits per heavy atom. The predicted molar refractivity (Wildman–Crippen MR) is 120 cm³/mol. The predicted octanol–water partition coefficient (Wildman–Crippen LogP) is 3.94. The molecule has 1 amide bonds. The third-order valence-corrected chi connectivity index (χ3v) is 5.92. The Labute approximate surface area is 188 Å². The average Bonchev–Trinajstić information content (AvgIpc) is 3.19. The number of hydrogen-bond acceptors (Lipinski definition) is 6. The van der Waals surface area contributed by atoms with Gasteiger partial charge in [-0.1, -0.05) is 35.5 Å². The summed E-state index contributed by atoms with van der Waals surface area (Å²) in [5.41, 5.74) is 2.48. The minimum Gasteiger partial charge on any atom is -0.378 e. The highest BCUT2D eigenvalue weighted by Gasteiger charge is 2.22. The van der Waals surface area contributed by atoms with Crippen molar-refractivity contribution in [3.8, 4) is 5.69 Å².